The molecule has 0 bridgehead atoms. The number of rotatable bonds is 5. The molecule has 1 aromatic heterocycles. The molecule has 1 aromatic carbocycles. The summed E-state index contributed by atoms with van der Waals surface area (Å²) in [5.74, 6) is 0.614. The molecule has 1 unspecified atom stereocenters. The molecule has 0 spiro atoms. The van der Waals surface area contributed by atoms with Gasteiger partial charge in [-0.15, -0.1) is 0 Å². The summed E-state index contributed by atoms with van der Waals surface area (Å²) in [4.78, 5) is 13.9. The summed E-state index contributed by atoms with van der Waals surface area (Å²) in [5.41, 5.74) is -0.764. The van der Waals surface area contributed by atoms with Crippen molar-refractivity contribution in [1.29, 1.82) is 0 Å². The van der Waals surface area contributed by atoms with Crippen molar-refractivity contribution in [3.63, 3.8) is 0 Å². The number of anilines is 1. The van der Waals surface area contributed by atoms with Crippen LogP contribution in [0.3, 0.4) is 0 Å². The van der Waals surface area contributed by atoms with Crippen LogP contribution in [-0.4, -0.2) is 11.0 Å². The van der Waals surface area contributed by atoms with Gasteiger partial charge in [0.15, 0.2) is 0 Å². The van der Waals surface area contributed by atoms with E-state index < -0.39 is 17.3 Å². The molecule has 0 saturated heterocycles. The molecule has 3 rings (SSSR count). The third kappa shape index (κ3) is 3.51. The zero-order chi connectivity index (χ0) is 16.6. The molecule has 1 saturated carbocycles. The van der Waals surface area contributed by atoms with Gasteiger partial charge in [-0.25, -0.2) is 0 Å². The van der Waals surface area contributed by atoms with Crippen molar-refractivity contribution < 1.29 is 13.2 Å². The average Bonchev–Trinajstić information content (AvgIpc) is 3.30. The average molecular weight is 324 g/mol. The number of H-pyrrole nitrogens is 1. The molecule has 3 nitrogen and oxygen atoms in total. The molecule has 6 heteroatoms. The Bertz CT molecular complexity index is 763. The number of alkyl halides is 3. The summed E-state index contributed by atoms with van der Waals surface area (Å²) in [6.45, 7) is 2.10. The van der Waals surface area contributed by atoms with Crippen molar-refractivity contribution in [3.8, 4) is 0 Å². The van der Waals surface area contributed by atoms with Crippen LogP contribution in [0.25, 0.3) is 10.9 Å². The number of fused-ring (bicyclic) bond motifs is 1. The normalized spacial score (nSPS) is 16.5. The van der Waals surface area contributed by atoms with E-state index in [4.69, 9.17) is 0 Å². The van der Waals surface area contributed by atoms with Gasteiger partial charge in [0.1, 0.15) is 0 Å². The van der Waals surface area contributed by atoms with E-state index in [1.165, 1.54) is 25.0 Å². The maximum absolute atomic E-state index is 13.2. The van der Waals surface area contributed by atoms with Gasteiger partial charge in [-0.3, -0.25) is 4.79 Å². The van der Waals surface area contributed by atoms with Gasteiger partial charge in [0.05, 0.1) is 5.56 Å². The summed E-state index contributed by atoms with van der Waals surface area (Å²) in [5, 5.41) is 3.39. The first-order valence-electron chi connectivity index (χ1n) is 7.89. The summed E-state index contributed by atoms with van der Waals surface area (Å²) < 4.78 is 39.5. The topological polar surface area (TPSA) is 44.9 Å². The van der Waals surface area contributed by atoms with Gasteiger partial charge < -0.3 is 10.3 Å². The second-order valence-corrected chi connectivity index (χ2v) is 6.18. The van der Waals surface area contributed by atoms with E-state index in [2.05, 4.69) is 17.2 Å². The highest BCUT2D eigenvalue weighted by Crippen LogP contribution is 2.37. The Morgan fingerprint density at radius 3 is 2.65 bits per heavy atom. The largest absolute Gasteiger partial charge is 0.417 e. The van der Waals surface area contributed by atoms with Crippen LogP contribution in [-0.2, 0) is 6.18 Å². The number of aromatic nitrogens is 1. The molecule has 1 atom stereocenters. The number of benzene rings is 1. The van der Waals surface area contributed by atoms with Crippen molar-refractivity contribution in [3.05, 3.63) is 40.2 Å². The highest BCUT2D eigenvalue weighted by molar-refractivity contribution is 5.85. The third-order valence-corrected chi connectivity index (χ3v) is 4.29. The summed E-state index contributed by atoms with van der Waals surface area (Å²) in [6, 6.07) is 5.66. The third-order valence-electron chi connectivity index (χ3n) is 4.29. The van der Waals surface area contributed by atoms with Crippen LogP contribution >= 0.6 is 0 Å². The predicted molar refractivity (Wildman–Crippen MR) is 84.6 cm³/mol. The van der Waals surface area contributed by atoms with Crippen LogP contribution in [0, 0.1) is 5.92 Å². The van der Waals surface area contributed by atoms with Crippen molar-refractivity contribution in [2.24, 2.45) is 5.92 Å². The molecule has 0 aliphatic heterocycles. The van der Waals surface area contributed by atoms with Gasteiger partial charge in [0, 0.05) is 28.7 Å². The zero-order valence-corrected chi connectivity index (χ0v) is 12.8. The fraction of sp³-hybridized carbons (Fsp3) is 0.471. The Balaban J connectivity index is 2.00. The standard InChI is InChI=1S/C17H19F3N2O/c1-2-3-14(10-4-5-10)21-11-6-7-15-12(8-11)13(17(18,19)20)9-16(23)22-15/h6-10,14,21H,2-5H2,1H3,(H,22,23). The van der Waals surface area contributed by atoms with Gasteiger partial charge in [0.2, 0.25) is 5.56 Å². The molecule has 2 N–H and O–H groups in total. The van der Waals surface area contributed by atoms with Crippen molar-refractivity contribution >= 4 is 16.6 Å². The highest BCUT2D eigenvalue weighted by atomic mass is 19.4. The minimum atomic E-state index is -4.55. The lowest BCUT2D eigenvalue weighted by Gasteiger charge is -2.19. The molecule has 0 amide bonds. The number of hydrogen-bond acceptors (Lipinski definition) is 2. The van der Waals surface area contributed by atoms with Crippen LogP contribution < -0.4 is 10.9 Å². The molecule has 1 heterocycles. The number of hydrogen-bond donors (Lipinski definition) is 2. The maximum atomic E-state index is 13.2. The van der Waals surface area contributed by atoms with Crippen LogP contribution in [0.1, 0.15) is 38.2 Å². The lowest BCUT2D eigenvalue weighted by molar-refractivity contribution is -0.136. The predicted octanol–water partition coefficient (Wildman–Crippen LogP) is 4.54. The molecule has 23 heavy (non-hydrogen) atoms. The first-order chi connectivity index (χ1) is 10.9. The fourth-order valence-electron chi connectivity index (χ4n) is 3.03. The monoisotopic (exact) mass is 324 g/mol. The van der Waals surface area contributed by atoms with Gasteiger partial charge in [-0.05, 0) is 43.4 Å². The smallest absolute Gasteiger partial charge is 0.382 e. The minimum absolute atomic E-state index is 0.0214. The van der Waals surface area contributed by atoms with E-state index in [0.29, 0.717) is 23.7 Å². The van der Waals surface area contributed by atoms with E-state index in [0.717, 1.165) is 12.8 Å². The minimum Gasteiger partial charge on any atom is -0.382 e. The molecule has 1 aliphatic rings. The van der Waals surface area contributed by atoms with Crippen LogP contribution in [0.5, 0.6) is 0 Å². The van der Waals surface area contributed by atoms with Crippen LogP contribution in [0.2, 0.25) is 0 Å². The number of aromatic amines is 1. The van der Waals surface area contributed by atoms with Crippen molar-refractivity contribution in [1.82, 2.24) is 4.98 Å². The molecule has 1 aliphatic carbocycles. The lowest BCUT2D eigenvalue weighted by Crippen LogP contribution is -2.21. The Morgan fingerprint density at radius 1 is 1.30 bits per heavy atom. The van der Waals surface area contributed by atoms with Gasteiger partial charge in [0.25, 0.3) is 0 Å². The van der Waals surface area contributed by atoms with Crippen molar-refractivity contribution in [2.45, 2.75) is 44.8 Å². The lowest BCUT2D eigenvalue weighted by atomic mass is 10.0. The summed E-state index contributed by atoms with van der Waals surface area (Å²) >= 11 is 0. The van der Waals surface area contributed by atoms with E-state index in [1.807, 2.05) is 0 Å². The zero-order valence-electron chi connectivity index (χ0n) is 12.8. The van der Waals surface area contributed by atoms with Gasteiger partial charge >= 0.3 is 6.18 Å². The van der Waals surface area contributed by atoms with E-state index in [-0.39, 0.29) is 10.9 Å². The first-order valence-corrected chi connectivity index (χ1v) is 7.89. The fourth-order valence-corrected chi connectivity index (χ4v) is 3.03. The van der Waals surface area contributed by atoms with Crippen molar-refractivity contribution in [2.75, 3.05) is 5.32 Å². The quantitative estimate of drug-likeness (QED) is 0.848. The summed E-state index contributed by atoms with van der Waals surface area (Å²) in [7, 11) is 0. The SMILES string of the molecule is CCCC(Nc1ccc2[nH]c(=O)cc(C(F)(F)F)c2c1)C1CC1. The Morgan fingerprint density at radius 2 is 2.04 bits per heavy atom. The maximum Gasteiger partial charge on any atom is 0.417 e. The number of halogens is 3. The number of nitrogens with one attached hydrogen (secondary N) is 2. The second-order valence-electron chi connectivity index (χ2n) is 6.18. The van der Waals surface area contributed by atoms with E-state index in [1.54, 1.807) is 6.07 Å². The van der Waals surface area contributed by atoms with E-state index in [9.17, 15) is 18.0 Å². The van der Waals surface area contributed by atoms with E-state index >= 15 is 0 Å². The Kier molecular flexibility index (Phi) is 4.08. The highest BCUT2D eigenvalue weighted by Gasteiger charge is 2.34. The molecule has 124 valence electrons. The number of pyridine rings is 1. The Hall–Kier alpha value is -1.98. The van der Waals surface area contributed by atoms with Crippen LogP contribution in [0.4, 0.5) is 18.9 Å². The molecule has 2 aromatic rings. The van der Waals surface area contributed by atoms with Gasteiger partial charge in [-0.1, -0.05) is 13.3 Å². The van der Waals surface area contributed by atoms with Gasteiger partial charge in [-0.2, -0.15) is 13.2 Å². The second kappa shape index (κ2) is 5.91. The molecule has 1 fully saturated rings. The molecule has 0 radical (unpaired) electrons. The molecular formula is C17H19F3N2O. The summed E-state index contributed by atoms with van der Waals surface area (Å²) in [6.07, 6.45) is -0.174. The van der Waals surface area contributed by atoms with Crippen LogP contribution in [0.15, 0.2) is 29.1 Å². The Labute approximate surface area is 131 Å². The molecular weight excluding hydrogens is 305 g/mol. The first kappa shape index (κ1) is 15.9.